The third-order valence-electron chi connectivity index (χ3n) is 5.27. The molecule has 4 rings (SSSR count). The van der Waals surface area contributed by atoms with E-state index in [9.17, 15) is 14.3 Å². The minimum Gasteiger partial charge on any atom is -0.505 e. The highest BCUT2D eigenvalue weighted by molar-refractivity contribution is 5.98. The lowest BCUT2D eigenvalue weighted by atomic mass is 10.2. The lowest BCUT2D eigenvalue weighted by Crippen LogP contribution is -2.59. The summed E-state index contributed by atoms with van der Waals surface area (Å²) in [7, 11) is 1.71. The van der Waals surface area contributed by atoms with Crippen LogP contribution >= 0.6 is 0 Å². The normalized spacial score (nSPS) is 17.2. The lowest BCUT2D eigenvalue weighted by molar-refractivity contribution is 0.191. The molecule has 1 aromatic heterocycles. The maximum atomic E-state index is 13.6. The van der Waals surface area contributed by atoms with E-state index < -0.39 is 11.6 Å². The molecule has 1 aliphatic carbocycles. The highest BCUT2D eigenvalue weighted by Gasteiger charge is 2.39. The molecule has 0 unspecified atom stereocenters. The van der Waals surface area contributed by atoms with Crippen LogP contribution in [-0.2, 0) is 0 Å². The van der Waals surface area contributed by atoms with Crippen molar-refractivity contribution in [2.24, 2.45) is 0 Å². The van der Waals surface area contributed by atoms with Crippen LogP contribution in [0.25, 0.3) is 0 Å². The fourth-order valence-electron chi connectivity index (χ4n) is 3.83. The topological polar surface area (TPSA) is 84.8 Å². The highest BCUT2D eigenvalue weighted by atomic mass is 19.1. The van der Waals surface area contributed by atoms with Gasteiger partial charge >= 0.3 is 6.03 Å². The molecule has 2 amide bonds. The average molecular weight is 386 g/mol. The zero-order valence-electron chi connectivity index (χ0n) is 15.9. The van der Waals surface area contributed by atoms with E-state index in [2.05, 4.69) is 15.3 Å². The molecule has 1 aliphatic heterocycles. The maximum absolute atomic E-state index is 13.6. The molecule has 2 N–H and O–H groups in total. The van der Waals surface area contributed by atoms with Crippen molar-refractivity contribution in [2.75, 3.05) is 28.8 Å². The van der Waals surface area contributed by atoms with E-state index in [1.165, 1.54) is 12.1 Å². The molecule has 0 atom stereocenters. The summed E-state index contributed by atoms with van der Waals surface area (Å²) in [6, 6.07) is 4.11. The van der Waals surface area contributed by atoms with E-state index >= 15 is 0 Å². The monoisotopic (exact) mass is 386 g/mol. The van der Waals surface area contributed by atoms with Crippen molar-refractivity contribution in [3.05, 3.63) is 30.2 Å². The van der Waals surface area contributed by atoms with Gasteiger partial charge in [0.25, 0.3) is 0 Å². The van der Waals surface area contributed by atoms with Crippen LogP contribution in [-0.4, -0.2) is 45.7 Å². The molecule has 28 heavy (non-hydrogen) atoms. The number of urea groups is 1. The SMILES string of the molecule is CCN1C(=O)N(C)c2cnc(Nc3ccc(O)c(F)c3)nc2N1C1CCCC1. The van der Waals surface area contributed by atoms with Crippen LogP contribution in [0.2, 0.25) is 0 Å². The van der Waals surface area contributed by atoms with Crippen LogP contribution in [0.4, 0.5) is 32.3 Å². The summed E-state index contributed by atoms with van der Waals surface area (Å²) < 4.78 is 13.6. The number of aromatic nitrogens is 2. The summed E-state index contributed by atoms with van der Waals surface area (Å²) in [6.07, 6.45) is 5.86. The molecule has 8 nitrogen and oxygen atoms in total. The van der Waals surface area contributed by atoms with Crippen molar-refractivity contribution in [3.8, 4) is 5.75 Å². The average Bonchev–Trinajstić information content (AvgIpc) is 3.21. The number of carbonyl (C=O) groups is 1. The molecule has 1 saturated carbocycles. The van der Waals surface area contributed by atoms with E-state index in [1.807, 2.05) is 11.9 Å². The van der Waals surface area contributed by atoms with Crippen molar-refractivity contribution < 1.29 is 14.3 Å². The highest BCUT2D eigenvalue weighted by Crippen LogP contribution is 2.38. The van der Waals surface area contributed by atoms with E-state index in [4.69, 9.17) is 0 Å². The molecular weight excluding hydrogens is 363 g/mol. The number of aromatic hydroxyl groups is 1. The number of amides is 2. The lowest BCUT2D eigenvalue weighted by Gasteiger charge is -2.45. The summed E-state index contributed by atoms with van der Waals surface area (Å²) in [4.78, 5) is 23.3. The Balaban J connectivity index is 1.72. The number of hydrogen-bond donors (Lipinski definition) is 2. The number of rotatable bonds is 4. The van der Waals surface area contributed by atoms with Crippen molar-refractivity contribution in [3.63, 3.8) is 0 Å². The van der Waals surface area contributed by atoms with Crippen LogP contribution in [0, 0.1) is 5.82 Å². The van der Waals surface area contributed by atoms with Crippen LogP contribution in [0.15, 0.2) is 24.4 Å². The molecule has 9 heteroatoms. The van der Waals surface area contributed by atoms with E-state index in [0.717, 1.165) is 25.7 Å². The molecule has 0 bridgehead atoms. The third-order valence-corrected chi connectivity index (χ3v) is 5.27. The number of fused-ring (bicyclic) bond motifs is 1. The molecule has 1 aromatic carbocycles. The largest absolute Gasteiger partial charge is 0.505 e. The first-order chi connectivity index (χ1) is 13.5. The number of nitrogens with one attached hydrogen (secondary N) is 1. The second-order valence-electron chi connectivity index (χ2n) is 7.03. The second-order valence-corrected chi connectivity index (χ2v) is 7.03. The fourth-order valence-corrected chi connectivity index (χ4v) is 3.83. The molecule has 2 heterocycles. The Bertz CT molecular complexity index is 902. The Morgan fingerprint density at radius 3 is 2.75 bits per heavy atom. The Morgan fingerprint density at radius 1 is 1.32 bits per heavy atom. The first kappa shape index (κ1) is 18.3. The number of halogens is 1. The van der Waals surface area contributed by atoms with Crippen LogP contribution in [0.5, 0.6) is 5.75 Å². The second kappa shape index (κ2) is 7.14. The van der Waals surface area contributed by atoms with Gasteiger partial charge in [-0.25, -0.2) is 19.2 Å². The van der Waals surface area contributed by atoms with Gasteiger partial charge in [0.1, 0.15) is 5.69 Å². The quantitative estimate of drug-likeness (QED) is 0.781. The standard InChI is InChI=1S/C19H23FN6O2/c1-3-25-19(28)24(2)15-11-21-18(22-12-8-9-16(27)14(20)10-12)23-17(15)26(25)13-6-4-5-7-13/h8-11,13,27H,3-7H2,1-2H3,(H,21,22,23). The summed E-state index contributed by atoms with van der Waals surface area (Å²) in [5, 5.41) is 16.0. The van der Waals surface area contributed by atoms with Crippen LogP contribution in [0.1, 0.15) is 32.6 Å². The molecule has 2 aromatic rings. The number of hydrogen-bond acceptors (Lipinski definition) is 6. The van der Waals surface area contributed by atoms with Crippen LogP contribution < -0.4 is 15.2 Å². The smallest absolute Gasteiger partial charge is 0.343 e. The number of phenolic OH excluding ortho intramolecular Hbond substituents is 1. The molecular formula is C19H23FN6O2. The van der Waals surface area contributed by atoms with Crippen molar-refractivity contribution in [1.29, 1.82) is 0 Å². The molecule has 0 spiro atoms. The number of phenols is 1. The van der Waals surface area contributed by atoms with E-state index in [-0.39, 0.29) is 12.1 Å². The minimum absolute atomic E-state index is 0.105. The Hall–Kier alpha value is -3.10. The molecule has 0 saturated heterocycles. The van der Waals surface area contributed by atoms with Crippen molar-refractivity contribution >= 4 is 29.2 Å². The Morgan fingerprint density at radius 2 is 2.07 bits per heavy atom. The summed E-state index contributed by atoms with van der Waals surface area (Å²) >= 11 is 0. The van der Waals surface area contributed by atoms with Gasteiger partial charge in [0.05, 0.1) is 12.2 Å². The minimum atomic E-state index is -0.724. The van der Waals surface area contributed by atoms with Gasteiger partial charge in [-0.1, -0.05) is 12.8 Å². The van der Waals surface area contributed by atoms with Gasteiger partial charge in [0.2, 0.25) is 5.95 Å². The number of hydrazine groups is 1. The number of nitrogens with zero attached hydrogens (tertiary/aromatic N) is 5. The summed E-state index contributed by atoms with van der Waals surface area (Å²) in [5.74, 6) is -0.181. The van der Waals surface area contributed by atoms with Gasteiger partial charge in [-0.3, -0.25) is 9.91 Å². The van der Waals surface area contributed by atoms with Gasteiger partial charge in [0, 0.05) is 25.3 Å². The van der Waals surface area contributed by atoms with Gasteiger partial charge in [-0.2, -0.15) is 4.98 Å². The first-order valence-electron chi connectivity index (χ1n) is 9.46. The van der Waals surface area contributed by atoms with Gasteiger partial charge < -0.3 is 10.4 Å². The maximum Gasteiger partial charge on any atom is 0.343 e. The number of carbonyl (C=O) groups excluding carboxylic acids is 1. The predicted octanol–water partition coefficient (Wildman–Crippen LogP) is 3.62. The summed E-state index contributed by atoms with van der Waals surface area (Å²) in [5.41, 5.74) is 1.07. The molecule has 148 valence electrons. The Kier molecular flexibility index (Phi) is 4.66. The molecule has 1 fully saturated rings. The molecule has 2 aliphatic rings. The molecule has 0 radical (unpaired) electrons. The van der Waals surface area contributed by atoms with Crippen LogP contribution in [0.3, 0.4) is 0 Å². The third kappa shape index (κ3) is 3.06. The van der Waals surface area contributed by atoms with Crippen molar-refractivity contribution in [1.82, 2.24) is 15.0 Å². The zero-order valence-corrected chi connectivity index (χ0v) is 15.9. The zero-order chi connectivity index (χ0) is 19.8. The number of anilines is 4. The van der Waals surface area contributed by atoms with E-state index in [0.29, 0.717) is 29.7 Å². The van der Waals surface area contributed by atoms with Gasteiger partial charge in [-0.15, -0.1) is 0 Å². The summed E-state index contributed by atoms with van der Waals surface area (Å²) in [6.45, 7) is 2.48. The Labute approximate surface area is 162 Å². The number of benzene rings is 1. The van der Waals surface area contributed by atoms with Crippen molar-refractivity contribution in [2.45, 2.75) is 38.6 Å². The first-order valence-corrected chi connectivity index (χ1v) is 9.46. The van der Waals surface area contributed by atoms with Gasteiger partial charge in [0.15, 0.2) is 17.4 Å². The van der Waals surface area contributed by atoms with E-state index in [1.54, 1.807) is 29.2 Å². The van der Waals surface area contributed by atoms with Gasteiger partial charge in [-0.05, 0) is 31.9 Å². The fraction of sp³-hybridized carbons (Fsp3) is 0.421. The predicted molar refractivity (Wildman–Crippen MR) is 104 cm³/mol.